The third-order valence-electron chi connectivity index (χ3n) is 3.34. The molecule has 0 aliphatic heterocycles. The van der Waals surface area contributed by atoms with Gasteiger partial charge in [0.25, 0.3) is 0 Å². The van der Waals surface area contributed by atoms with Gasteiger partial charge in [-0.05, 0) is 41.5 Å². The zero-order valence-electron chi connectivity index (χ0n) is 15.3. The molecule has 0 amide bonds. The Morgan fingerprint density at radius 2 is 1.09 bits per heavy atom. The SMILES string of the molecule is C/C=C(C)/C=C/C=C(\C)CC(=O)C/C(C)=C/C=C/C(C)=C/C.[Ru]. The van der Waals surface area contributed by atoms with Crippen LogP contribution in [0.5, 0.6) is 0 Å². The molecule has 0 aromatic heterocycles. The van der Waals surface area contributed by atoms with E-state index in [1.807, 2.05) is 64.2 Å². The maximum Gasteiger partial charge on any atom is 0.140 e. The number of carbonyl (C=O) groups is 1. The van der Waals surface area contributed by atoms with Gasteiger partial charge >= 0.3 is 0 Å². The van der Waals surface area contributed by atoms with E-state index >= 15 is 0 Å². The fraction of sp³-hybridized carbons (Fsp3) is 0.381. The van der Waals surface area contributed by atoms with Crippen molar-refractivity contribution < 1.29 is 24.3 Å². The first-order valence-corrected chi connectivity index (χ1v) is 7.84. The number of rotatable bonds is 8. The maximum absolute atomic E-state index is 12.0. The molecular weight excluding hydrogens is 369 g/mol. The quantitative estimate of drug-likeness (QED) is 0.347. The fourth-order valence-electron chi connectivity index (χ4n) is 1.72. The first-order valence-electron chi connectivity index (χ1n) is 7.84. The standard InChI is InChI=1S/C21H30O.Ru/c1-7-17(3)11-9-13-19(5)15-21(22)16-20(6)14-10-12-18(4)8-2;/h7-14H,15-16H2,1-6H3;/b11-9+,12-10+,17-7+,18-8+,19-13+,20-14+;. The van der Waals surface area contributed by atoms with E-state index in [0.29, 0.717) is 12.8 Å². The molecule has 0 radical (unpaired) electrons. The Balaban J connectivity index is 0. The molecule has 0 aromatic rings. The van der Waals surface area contributed by atoms with Crippen LogP contribution >= 0.6 is 0 Å². The van der Waals surface area contributed by atoms with Crippen LogP contribution in [0.15, 0.2) is 70.9 Å². The second-order valence-electron chi connectivity index (χ2n) is 5.70. The van der Waals surface area contributed by atoms with Gasteiger partial charge in [-0.3, -0.25) is 4.79 Å². The van der Waals surface area contributed by atoms with Gasteiger partial charge in [-0.25, -0.2) is 0 Å². The van der Waals surface area contributed by atoms with Crippen molar-refractivity contribution in [3.05, 3.63) is 70.9 Å². The number of Topliss-reactive ketones (excluding diaryl/α,β-unsaturated/α-hetero) is 1. The summed E-state index contributed by atoms with van der Waals surface area (Å²) in [4.78, 5) is 12.0. The number of ketones is 1. The van der Waals surface area contributed by atoms with Gasteiger partial charge in [-0.1, -0.05) is 70.9 Å². The smallest absolute Gasteiger partial charge is 0.140 e. The monoisotopic (exact) mass is 400 g/mol. The van der Waals surface area contributed by atoms with Crippen LogP contribution in [0.3, 0.4) is 0 Å². The van der Waals surface area contributed by atoms with Gasteiger partial charge in [-0.2, -0.15) is 0 Å². The zero-order chi connectivity index (χ0) is 17.0. The van der Waals surface area contributed by atoms with Crippen molar-refractivity contribution >= 4 is 5.78 Å². The van der Waals surface area contributed by atoms with Crippen LogP contribution in [0.2, 0.25) is 0 Å². The zero-order valence-corrected chi connectivity index (χ0v) is 17.0. The molecule has 0 heterocycles. The molecule has 23 heavy (non-hydrogen) atoms. The summed E-state index contributed by atoms with van der Waals surface area (Å²) in [5.74, 6) is 0.259. The maximum atomic E-state index is 12.0. The predicted octanol–water partition coefficient (Wildman–Crippen LogP) is 6.27. The number of carbonyl (C=O) groups excluding carboxylic acids is 1. The minimum absolute atomic E-state index is 0. The molecule has 0 aromatic carbocycles. The topological polar surface area (TPSA) is 17.1 Å². The average Bonchev–Trinajstić information content (AvgIpc) is 2.46. The van der Waals surface area contributed by atoms with Gasteiger partial charge in [0.05, 0.1) is 0 Å². The van der Waals surface area contributed by atoms with Crippen molar-refractivity contribution in [2.45, 2.75) is 54.4 Å². The summed E-state index contributed by atoms with van der Waals surface area (Å²) in [5.41, 5.74) is 4.63. The molecule has 0 bridgehead atoms. The van der Waals surface area contributed by atoms with E-state index in [2.05, 4.69) is 26.0 Å². The summed E-state index contributed by atoms with van der Waals surface area (Å²) in [6.45, 7) is 12.1. The Labute approximate surface area is 155 Å². The Bertz CT molecular complexity index is 492. The van der Waals surface area contributed by atoms with E-state index in [-0.39, 0.29) is 25.3 Å². The fourth-order valence-corrected chi connectivity index (χ4v) is 1.72. The van der Waals surface area contributed by atoms with Gasteiger partial charge in [0.1, 0.15) is 5.78 Å². The molecule has 0 rings (SSSR count). The van der Waals surface area contributed by atoms with Crippen molar-refractivity contribution in [1.29, 1.82) is 0 Å². The molecular formula is C21H30ORu. The second kappa shape index (κ2) is 14.3. The molecule has 2 heteroatoms. The number of hydrogen-bond donors (Lipinski definition) is 0. The first kappa shape index (κ1) is 24.0. The third-order valence-corrected chi connectivity index (χ3v) is 3.34. The van der Waals surface area contributed by atoms with Crippen LogP contribution in [-0.2, 0) is 24.3 Å². The Morgan fingerprint density at radius 3 is 1.39 bits per heavy atom. The van der Waals surface area contributed by atoms with Crippen molar-refractivity contribution in [3.8, 4) is 0 Å². The molecule has 0 aliphatic carbocycles. The Hall–Kier alpha value is -1.27. The summed E-state index contributed by atoms with van der Waals surface area (Å²) >= 11 is 0. The largest absolute Gasteiger partial charge is 0.299 e. The summed E-state index contributed by atoms with van der Waals surface area (Å²) in [6.07, 6.45) is 17.3. The summed E-state index contributed by atoms with van der Waals surface area (Å²) in [5, 5.41) is 0. The van der Waals surface area contributed by atoms with E-state index in [1.54, 1.807) is 0 Å². The minimum atomic E-state index is 0. The van der Waals surface area contributed by atoms with E-state index in [1.165, 1.54) is 11.1 Å². The van der Waals surface area contributed by atoms with Crippen LogP contribution in [0.25, 0.3) is 0 Å². The molecule has 1 nitrogen and oxygen atoms in total. The van der Waals surface area contributed by atoms with Crippen LogP contribution in [0.1, 0.15) is 54.4 Å². The molecule has 0 N–H and O–H groups in total. The minimum Gasteiger partial charge on any atom is -0.299 e. The van der Waals surface area contributed by atoms with E-state index in [9.17, 15) is 4.79 Å². The van der Waals surface area contributed by atoms with Gasteiger partial charge in [0, 0.05) is 32.3 Å². The van der Waals surface area contributed by atoms with Crippen molar-refractivity contribution in [1.82, 2.24) is 0 Å². The normalized spacial score (nSPS) is 14.5. The third kappa shape index (κ3) is 14.1. The first-order chi connectivity index (χ1) is 10.4. The molecule has 0 spiro atoms. The van der Waals surface area contributed by atoms with Crippen LogP contribution < -0.4 is 0 Å². The van der Waals surface area contributed by atoms with E-state index < -0.39 is 0 Å². The molecule has 128 valence electrons. The van der Waals surface area contributed by atoms with Crippen molar-refractivity contribution in [2.75, 3.05) is 0 Å². The molecule has 0 unspecified atom stereocenters. The number of hydrogen-bond acceptors (Lipinski definition) is 1. The van der Waals surface area contributed by atoms with E-state index in [0.717, 1.165) is 11.1 Å². The molecule has 0 saturated carbocycles. The van der Waals surface area contributed by atoms with E-state index in [4.69, 9.17) is 0 Å². The molecule has 0 fully saturated rings. The Kier molecular flexibility index (Phi) is 15.0. The van der Waals surface area contributed by atoms with Gasteiger partial charge in [-0.15, -0.1) is 0 Å². The van der Waals surface area contributed by atoms with Gasteiger partial charge < -0.3 is 0 Å². The average molecular weight is 400 g/mol. The molecule has 0 atom stereocenters. The molecule has 0 aliphatic rings. The predicted molar refractivity (Wildman–Crippen MR) is 98.9 cm³/mol. The van der Waals surface area contributed by atoms with Crippen molar-refractivity contribution in [3.63, 3.8) is 0 Å². The summed E-state index contributed by atoms with van der Waals surface area (Å²) < 4.78 is 0. The second-order valence-corrected chi connectivity index (χ2v) is 5.70. The van der Waals surface area contributed by atoms with Gasteiger partial charge in [0.15, 0.2) is 0 Å². The van der Waals surface area contributed by atoms with Crippen LogP contribution in [0.4, 0.5) is 0 Å². The van der Waals surface area contributed by atoms with Crippen molar-refractivity contribution in [2.24, 2.45) is 0 Å². The summed E-state index contributed by atoms with van der Waals surface area (Å²) in [6, 6.07) is 0. The Morgan fingerprint density at radius 1 is 0.739 bits per heavy atom. The number of allylic oxidation sites excluding steroid dienone is 12. The molecule has 0 saturated heterocycles. The van der Waals surface area contributed by atoms with Gasteiger partial charge in [0.2, 0.25) is 0 Å². The van der Waals surface area contributed by atoms with Crippen LogP contribution in [-0.4, -0.2) is 5.78 Å². The summed E-state index contributed by atoms with van der Waals surface area (Å²) in [7, 11) is 0. The van der Waals surface area contributed by atoms with Crippen LogP contribution in [0, 0.1) is 0 Å².